The van der Waals surface area contributed by atoms with E-state index in [4.69, 9.17) is 14.6 Å². The van der Waals surface area contributed by atoms with Crippen LogP contribution in [0.1, 0.15) is 137 Å². The van der Waals surface area contributed by atoms with E-state index in [0.29, 0.717) is 63.6 Å². The minimum absolute atomic E-state index is 0.0108. The fraction of sp³-hybridized carbons (Fsp3) is 0.764. The maximum atomic E-state index is 14.5. The van der Waals surface area contributed by atoms with E-state index in [0.717, 1.165) is 31.2 Å². The van der Waals surface area contributed by atoms with Gasteiger partial charge in [0.05, 0.1) is 48.4 Å². The molecule has 3 fully saturated rings. The molecule has 1 unspecified atom stereocenters. The summed E-state index contributed by atoms with van der Waals surface area (Å²) in [6, 6.07) is 8.70. The van der Waals surface area contributed by atoms with Gasteiger partial charge >= 0.3 is 5.97 Å². The first-order chi connectivity index (χ1) is 34.0. The van der Waals surface area contributed by atoms with Gasteiger partial charge in [0.1, 0.15) is 17.3 Å². The maximum absolute atomic E-state index is 14.5. The molecule has 0 aromatic heterocycles. The highest BCUT2D eigenvalue weighted by atomic mass is 32.2. The normalized spacial score (nSPS) is 22.4. The molecular weight excluding hydrogens is 941 g/mol. The van der Waals surface area contributed by atoms with Gasteiger partial charge in [0.25, 0.3) is 0 Å². The monoisotopic (exact) mass is 1030 g/mol. The Hall–Kier alpha value is -4.06. The summed E-state index contributed by atoms with van der Waals surface area (Å²) in [6.45, 7) is 12.1. The predicted molar refractivity (Wildman–Crippen MR) is 277 cm³/mol. The molecule has 3 amide bonds. The molecule has 3 aliphatic rings. The first-order valence-corrected chi connectivity index (χ1v) is 28.5. The van der Waals surface area contributed by atoms with Crippen molar-refractivity contribution in [3.05, 3.63) is 35.9 Å². The molecule has 1 aliphatic carbocycles. The SMILES string of the molecule is CC[C@H](C)[C@@H]([C@@H](CC(=O)N1CCC[C@H]1[C@H](OC)[C@@H](C)C(=O)C[C@@H](Cc1ccccc1)CS(=O)(=O)CC(=O)CCCCCNC(=O)CC(C)C(=O)O)OC)N(C)C(=O)[C@@H](CC(=O)[C@@H]1[C@H]2CC[C@H](C2)N1C)C(C)C. The van der Waals surface area contributed by atoms with E-state index < -0.39 is 75.3 Å². The van der Waals surface area contributed by atoms with Gasteiger partial charge < -0.3 is 29.7 Å². The van der Waals surface area contributed by atoms with Crippen LogP contribution in [0.5, 0.6) is 0 Å². The van der Waals surface area contributed by atoms with Crippen LogP contribution in [-0.2, 0) is 59.3 Å². The van der Waals surface area contributed by atoms with Crippen molar-refractivity contribution >= 4 is 50.9 Å². The summed E-state index contributed by atoms with van der Waals surface area (Å²) in [7, 11) is 2.97. The summed E-state index contributed by atoms with van der Waals surface area (Å²) in [6.07, 6.45) is 5.73. The fourth-order valence-electron chi connectivity index (χ4n) is 11.9. The first kappa shape index (κ1) is 60.5. The lowest BCUT2D eigenvalue weighted by Crippen LogP contribution is -2.54. The lowest BCUT2D eigenvalue weighted by molar-refractivity contribution is -0.149. The Kier molecular flexibility index (Phi) is 24.0. The number of unbranched alkanes of at least 4 members (excludes halogenated alkanes) is 2. The Morgan fingerprint density at radius 1 is 0.889 bits per heavy atom. The zero-order valence-corrected chi connectivity index (χ0v) is 45.8. The number of fused-ring (bicyclic) bond motifs is 2. The number of carboxylic acids is 1. The molecule has 2 N–H and O–H groups in total. The van der Waals surface area contributed by atoms with Gasteiger partial charge in [0.2, 0.25) is 17.7 Å². The Morgan fingerprint density at radius 2 is 1.58 bits per heavy atom. The lowest BCUT2D eigenvalue weighted by atomic mass is 9.83. The van der Waals surface area contributed by atoms with E-state index in [-0.39, 0.29) is 85.0 Å². The van der Waals surface area contributed by atoms with Gasteiger partial charge in [-0.05, 0) is 87.6 Å². The molecule has 1 saturated carbocycles. The summed E-state index contributed by atoms with van der Waals surface area (Å²) in [5.74, 6) is -5.65. The van der Waals surface area contributed by atoms with Gasteiger partial charge in [-0.1, -0.05) is 84.7 Å². The second kappa shape index (κ2) is 28.6. The van der Waals surface area contributed by atoms with E-state index >= 15 is 0 Å². The number of benzene rings is 1. The first-order valence-electron chi connectivity index (χ1n) is 26.7. The molecule has 72 heavy (non-hydrogen) atoms. The second-order valence-corrected chi connectivity index (χ2v) is 24.0. The predicted octanol–water partition coefficient (Wildman–Crippen LogP) is 6.21. The van der Waals surface area contributed by atoms with Gasteiger partial charge in [0.15, 0.2) is 15.6 Å². The number of amides is 3. The van der Waals surface area contributed by atoms with Crippen molar-refractivity contribution in [3.63, 3.8) is 0 Å². The molecule has 2 saturated heterocycles. The number of carbonyl (C=O) groups excluding carboxylic acids is 6. The van der Waals surface area contributed by atoms with Crippen molar-refractivity contribution in [1.29, 1.82) is 0 Å². The van der Waals surface area contributed by atoms with Crippen molar-refractivity contribution in [2.24, 2.45) is 41.4 Å². The van der Waals surface area contributed by atoms with Gasteiger partial charge in [0, 0.05) is 77.9 Å². The molecule has 4 rings (SSSR count). The van der Waals surface area contributed by atoms with E-state index in [1.807, 2.05) is 58.2 Å². The van der Waals surface area contributed by atoms with Gasteiger partial charge in [-0.2, -0.15) is 0 Å². The summed E-state index contributed by atoms with van der Waals surface area (Å²) in [4.78, 5) is 98.9. The number of hydrogen-bond acceptors (Lipinski definition) is 12. The number of Topliss-reactive ketones (excluding diaryl/α,β-unsaturated/α-hetero) is 3. The van der Waals surface area contributed by atoms with Crippen LogP contribution in [0.25, 0.3) is 0 Å². The molecule has 16 nitrogen and oxygen atoms in total. The standard InChI is InChI=1S/C55H88N4O12S/c1-11-36(4)51(58(8)54(65)44(35(2)3)31-47(62)52-41-23-24-42(30-41)57(52)7)48(70-9)32-50(64)59-26-18-22-45(59)53(71-10)38(6)46(61)29-40(28-39-19-14-12-15-20-39)33-72(68,69)34-43(60)21-16-13-17-25-56-49(63)27-37(5)55(66)67/h12,14-15,19-20,35-38,40-42,44-45,48,51-53H,11,13,16-18,21-34H2,1-10H3,(H,56,63)(H,66,67)/t36-,37?,38-,40+,41-,42+,44-,45-,48+,51-,52-,53+/m0/s1. The molecule has 2 aliphatic heterocycles. The summed E-state index contributed by atoms with van der Waals surface area (Å²) < 4.78 is 39.4. The third-order valence-electron chi connectivity index (χ3n) is 16.2. The van der Waals surface area contributed by atoms with E-state index in [1.54, 1.807) is 30.9 Å². The molecule has 0 radical (unpaired) electrons. The molecule has 2 bridgehead atoms. The Balaban J connectivity index is 1.40. The van der Waals surface area contributed by atoms with Crippen molar-refractivity contribution in [3.8, 4) is 0 Å². The average Bonchev–Trinajstić information content (AvgIpc) is 4.09. The zero-order chi connectivity index (χ0) is 53.4. The number of likely N-dealkylation sites (N-methyl/N-ethyl adjacent to an activating group) is 2. The van der Waals surface area contributed by atoms with Crippen molar-refractivity contribution in [2.75, 3.05) is 52.9 Å². The van der Waals surface area contributed by atoms with Crippen molar-refractivity contribution < 1.29 is 56.6 Å². The van der Waals surface area contributed by atoms with E-state index in [9.17, 15) is 42.0 Å². The average molecular weight is 1030 g/mol. The summed E-state index contributed by atoms with van der Waals surface area (Å²) in [5.41, 5.74) is 0.859. The van der Waals surface area contributed by atoms with Gasteiger partial charge in [-0.3, -0.25) is 38.5 Å². The van der Waals surface area contributed by atoms with Gasteiger partial charge in [-0.15, -0.1) is 0 Å². The number of ketones is 3. The zero-order valence-electron chi connectivity index (χ0n) is 45.0. The number of hydrogen-bond donors (Lipinski definition) is 2. The number of piperidine rings is 1. The van der Waals surface area contributed by atoms with Crippen molar-refractivity contribution in [2.45, 2.75) is 174 Å². The molecular formula is C55H88N4O12S. The third kappa shape index (κ3) is 17.0. The molecule has 406 valence electrons. The van der Waals surface area contributed by atoms with Crippen LogP contribution in [0.4, 0.5) is 0 Å². The number of rotatable bonds is 33. The number of nitrogens with zero attached hydrogens (tertiary/aromatic N) is 3. The van der Waals surface area contributed by atoms with Crippen LogP contribution in [0.2, 0.25) is 0 Å². The number of nitrogens with one attached hydrogen (secondary N) is 1. The minimum Gasteiger partial charge on any atom is -0.481 e. The van der Waals surface area contributed by atoms with Crippen LogP contribution in [0, 0.1) is 41.4 Å². The van der Waals surface area contributed by atoms with E-state index in [1.165, 1.54) is 14.0 Å². The van der Waals surface area contributed by atoms with Crippen molar-refractivity contribution in [1.82, 2.24) is 20.0 Å². The third-order valence-corrected chi connectivity index (χ3v) is 18.0. The van der Waals surface area contributed by atoms with Crippen LogP contribution >= 0.6 is 0 Å². The van der Waals surface area contributed by atoms with Gasteiger partial charge in [-0.25, -0.2) is 8.42 Å². The quantitative estimate of drug-likeness (QED) is 0.0751. The number of sulfone groups is 1. The molecule has 2 heterocycles. The highest BCUT2D eigenvalue weighted by Crippen LogP contribution is 2.43. The van der Waals surface area contributed by atoms with Crippen LogP contribution in [0.3, 0.4) is 0 Å². The molecule has 0 spiro atoms. The maximum Gasteiger partial charge on any atom is 0.306 e. The Labute approximate surface area is 430 Å². The van der Waals surface area contributed by atoms with E-state index in [2.05, 4.69) is 17.1 Å². The molecule has 12 atom stereocenters. The number of methoxy groups -OCH3 is 2. The fourth-order valence-corrected chi connectivity index (χ4v) is 13.6. The topological polar surface area (TPSA) is 214 Å². The number of ether oxygens (including phenoxy) is 2. The minimum atomic E-state index is -3.92. The lowest BCUT2D eigenvalue weighted by Gasteiger charge is -2.41. The summed E-state index contributed by atoms with van der Waals surface area (Å²) >= 11 is 0. The molecule has 1 aromatic rings. The number of carboxylic acid groups (broad SMARTS) is 1. The highest BCUT2D eigenvalue weighted by molar-refractivity contribution is 7.92. The molecule has 1 aromatic carbocycles. The number of likely N-dealkylation sites (tertiary alicyclic amines) is 2. The number of carbonyl (C=O) groups is 7. The van der Waals surface area contributed by atoms with Crippen LogP contribution < -0.4 is 5.32 Å². The van der Waals surface area contributed by atoms with Crippen LogP contribution in [-0.4, -0.2) is 159 Å². The molecule has 17 heteroatoms. The number of aliphatic carboxylic acids is 1. The second-order valence-electron chi connectivity index (χ2n) is 21.9. The largest absolute Gasteiger partial charge is 0.481 e. The smallest absolute Gasteiger partial charge is 0.306 e. The Morgan fingerprint density at radius 3 is 2.18 bits per heavy atom. The highest BCUT2D eigenvalue weighted by Gasteiger charge is 2.48. The summed E-state index contributed by atoms with van der Waals surface area (Å²) in [5, 5.41) is 11.7. The van der Waals surface area contributed by atoms with Crippen LogP contribution in [0.15, 0.2) is 30.3 Å². The Bertz CT molecular complexity index is 2080.